The Morgan fingerprint density at radius 3 is 2.45 bits per heavy atom. The summed E-state index contributed by atoms with van der Waals surface area (Å²) in [5, 5.41) is 3.04. The molecule has 114 valence electrons. The number of rotatable bonds is 6. The third-order valence-corrected chi connectivity index (χ3v) is 3.54. The first-order chi connectivity index (χ1) is 10.6. The fraction of sp³-hybridized carbons (Fsp3) is 0.118. The number of halogens is 1. The Kier molecular flexibility index (Phi) is 5.61. The first kappa shape index (κ1) is 16.1. The predicted octanol–water partition coefficient (Wildman–Crippen LogP) is 4.27. The Hall–Kier alpha value is -2.27. The van der Waals surface area contributed by atoms with Crippen LogP contribution in [0.5, 0.6) is 11.5 Å². The van der Waals surface area contributed by atoms with Crippen LogP contribution in [0.4, 0.5) is 5.69 Å². The van der Waals surface area contributed by atoms with Crippen molar-refractivity contribution in [2.45, 2.75) is 0 Å². The highest BCUT2D eigenvalue weighted by atomic mass is 79.9. The van der Waals surface area contributed by atoms with Crippen molar-refractivity contribution >= 4 is 27.4 Å². The van der Waals surface area contributed by atoms with Gasteiger partial charge in [0.05, 0.1) is 19.9 Å². The van der Waals surface area contributed by atoms with Crippen LogP contribution in [0.1, 0.15) is 10.4 Å². The van der Waals surface area contributed by atoms with Gasteiger partial charge in [-0.3, -0.25) is 4.79 Å². The lowest BCUT2D eigenvalue weighted by Gasteiger charge is -2.09. The van der Waals surface area contributed by atoms with Gasteiger partial charge in [-0.05, 0) is 36.4 Å². The van der Waals surface area contributed by atoms with Gasteiger partial charge in [0.25, 0.3) is 0 Å². The van der Waals surface area contributed by atoms with Gasteiger partial charge in [-0.1, -0.05) is 15.9 Å². The average molecular weight is 362 g/mol. The first-order valence-corrected chi connectivity index (χ1v) is 7.38. The second-order valence-electron chi connectivity index (χ2n) is 4.42. The van der Waals surface area contributed by atoms with E-state index in [9.17, 15) is 4.79 Å². The number of hydrogen-bond donors (Lipinski definition) is 1. The largest absolute Gasteiger partial charge is 0.497 e. The molecule has 0 aliphatic heterocycles. The maximum atomic E-state index is 12.0. The number of methoxy groups -OCH3 is 2. The molecule has 2 aromatic rings. The van der Waals surface area contributed by atoms with Crippen molar-refractivity contribution in [2.75, 3.05) is 19.5 Å². The zero-order chi connectivity index (χ0) is 15.9. The molecule has 0 aliphatic rings. The van der Waals surface area contributed by atoms with Crippen LogP contribution in [0.25, 0.3) is 0 Å². The topological polar surface area (TPSA) is 47.6 Å². The fourth-order valence-corrected chi connectivity index (χ4v) is 2.10. The summed E-state index contributed by atoms with van der Waals surface area (Å²) >= 11 is 3.34. The molecule has 0 spiro atoms. The van der Waals surface area contributed by atoms with Crippen molar-refractivity contribution in [1.29, 1.82) is 0 Å². The molecule has 4 nitrogen and oxygen atoms in total. The second kappa shape index (κ2) is 7.66. The smallest absolute Gasteiger partial charge is 0.187 e. The molecule has 0 heterocycles. The zero-order valence-corrected chi connectivity index (χ0v) is 13.9. The van der Waals surface area contributed by atoms with Crippen molar-refractivity contribution in [3.63, 3.8) is 0 Å². The van der Waals surface area contributed by atoms with Gasteiger partial charge in [-0.15, -0.1) is 0 Å². The van der Waals surface area contributed by atoms with Crippen molar-refractivity contribution in [3.8, 4) is 11.5 Å². The molecule has 0 fully saturated rings. The number of ether oxygens (including phenoxy) is 2. The van der Waals surface area contributed by atoms with Crippen LogP contribution in [-0.4, -0.2) is 20.0 Å². The summed E-state index contributed by atoms with van der Waals surface area (Å²) in [6, 6.07) is 12.6. The summed E-state index contributed by atoms with van der Waals surface area (Å²) in [5.41, 5.74) is 1.38. The third kappa shape index (κ3) is 4.11. The Morgan fingerprint density at radius 2 is 1.82 bits per heavy atom. The van der Waals surface area contributed by atoms with Crippen molar-refractivity contribution in [3.05, 3.63) is 64.8 Å². The minimum atomic E-state index is -0.0764. The van der Waals surface area contributed by atoms with E-state index in [-0.39, 0.29) is 5.78 Å². The first-order valence-electron chi connectivity index (χ1n) is 6.59. The normalized spacial score (nSPS) is 10.5. The third-order valence-electron chi connectivity index (χ3n) is 3.01. The highest BCUT2D eigenvalue weighted by molar-refractivity contribution is 9.10. The lowest BCUT2D eigenvalue weighted by atomic mass is 10.1. The molecule has 1 N–H and O–H groups in total. The molecule has 5 heteroatoms. The summed E-state index contributed by atoms with van der Waals surface area (Å²) in [6.45, 7) is 0. The summed E-state index contributed by atoms with van der Waals surface area (Å²) < 4.78 is 11.4. The van der Waals surface area contributed by atoms with Crippen LogP contribution in [0.2, 0.25) is 0 Å². The van der Waals surface area contributed by atoms with Crippen molar-refractivity contribution < 1.29 is 14.3 Å². The number of hydrogen-bond acceptors (Lipinski definition) is 4. The van der Waals surface area contributed by atoms with Crippen LogP contribution >= 0.6 is 15.9 Å². The average Bonchev–Trinajstić information content (AvgIpc) is 2.55. The summed E-state index contributed by atoms with van der Waals surface area (Å²) in [7, 11) is 3.18. The van der Waals surface area contributed by atoms with Gasteiger partial charge in [0.1, 0.15) is 11.5 Å². The summed E-state index contributed by atoms with van der Waals surface area (Å²) in [4.78, 5) is 12.0. The predicted molar refractivity (Wildman–Crippen MR) is 90.8 cm³/mol. The molecular weight excluding hydrogens is 346 g/mol. The van der Waals surface area contributed by atoms with Crippen LogP contribution in [-0.2, 0) is 0 Å². The summed E-state index contributed by atoms with van der Waals surface area (Å²) in [5.74, 6) is 1.27. The van der Waals surface area contributed by atoms with Crippen molar-refractivity contribution in [1.82, 2.24) is 0 Å². The van der Waals surface area contributed by atoms with E-state index in [1.54, 1.807) is 38.6 Å². The molecule has 0 saturated carbocycles. The highest BCUT2D eigenvalue weighted by Gasteiger charge is 2.04. The van der Waals surface area contributed by atoms with Crippen LogP contribution < -0.4 is 14.8 Å². The lowest BCUT2D eigenvalue weighted by molar-refractivity contribution is 0.104. The Balaban J connectivity index is 2.06. The van der Waals surface area contributed by atoms with E-state index in [0.717, 1.165) is 10.2 Å². The van der Waals surface area contributed by atoms with E-state index in [2.05, 4.69) is 21.2 Å². The highest BCUT2D eigenvalue weighted by Crippen LogP contribution is 2.28. The minimum absolute atomic E-state index is 0.0764. The van der Waals surface area contributed by atoms with Gasteiger partial charge in [0.2, 0.25) is 0 Å². The van der Waals surface area contributed by atoms with Gasteiger partial charge < -0.3 is 14.8 Å². The minimum Gasteiger partial charge on any atom is -0.497 e. The van der Waals surface area contributed by atoms with E-state index in [1.807, 2.05) is 24.3 Å². The maximum Gasteiger partial charge on any atom is 0.187 e. The number of ketones is 1. The number of nitrogens with one attached hydrogen (secondary N) is 1. The molecule has 0 amide bonds. The molecule has 0 unspecified atom stereocenters. The molecule has 0 bridgehead atoms. The van der Waals surface area contributed by atoms with Crippen LogP contribution in [0.3, 0.4) is 0 Å². The zero-order valence-electron chi connectivity index (χ0n) is 12.3. The Labute approximate surface area is 137 Å². The van der Waals surface area contributed by atoms with E-state index in [0.29, 0.717) is 17.1 Å². The van der Waals surface area contributed by atoms with Crippen molar-refractivity contribution in [2.24, 2.45) is 0 Å². The molecular formula is C17H16BrNO3. The van der Waals surface area contributed by atoms with Gasteiger partial charge >= 0.3 is 0 Å². The van der Waals surface area contributed by atoms with Gasteiger partial charge in [-0.25, -0.2) is 0 Å². The molecule has 0 aliphatic carbocycles. The van der Waals surface area contributed by atoms with E-state index in [1.165, 1.54) is 6.08 Å². The molecule has 2 rings (SSSR count). The molecule has 2 aromatic carbocycles. The molecule has 0 aromatic heterocycles. The quantitative estimate of drug-likeness (QED) is 0.616. The fourth-order valence-electron chi connectivity index (χ4n) is 1.84. The number of carbonyl (C=O) groups is 1. The van der Waals surface area contributed by atoms with Crippen LogP contribution in [0, 0.1) is 0 Å². The number of carbonyl (C=O) groups excluding carboxylic acids is 1. The molecule has 0 radical (unpaired) electrons. The van der Waals surface area contributed by atoms with Gasteiger partial charge in [0, 0.05) is 28.4 Å². The molecule has 0 saturated heterocycles. The number of anilines is 1. The Morgan fingerprint density at radius 1 is 1.09 bits per heavy atom. The SMILES string of the molecule is COc1ccc(N/C=C\C(=O)c2ccc(Br)cc2)c(OC)c1. The Bertz CT molecular complexity index is 681. The van der Waals surface area contributed by atoms with Crippen LogP contribution in [0.15, 0.2) is 59.2 Å². The van der Waals surface area contributed by atoms with E-state index >= 15 is 0 Å². The number of benzene rings is 2. The molecule has 0 atom stereocenters. The number of allylic oxidation sites excluding steroid dienone is 1. The van der Waals surface area contributed by atoms with E-state index < -0.39 is 0 Å². The summed E-state index contributed by atoms with van der Waals surface area (Å²) in [6.07, 6.45) is 3.07. The second-order valence-corrected chi connectivity index (χ2v) is 5.33. The monoisotopic (exact) mass is 361 g/mol. The van der Waals surface area contributed by atoms with E-state index in [4.69, 9.17) is 9.47 Å². The van der Waals surface area contributed by atoms with Gasteiger partial charge in [-0.2, -0.15) is 0 Å². The van der Waals surface area contributed by atoms with Gasteiger partial charge in [0.15, 0.2) is 5.78 Å². The maximum absolute atomic E-state index is 12.0. The standard InChI is InChI=1S/C17H16BrNO3/c1-21-14-7-8-15(17(11-14)22-2)19-10-9-16(20)12-3-5-13(18)6-4-12/h3-11,19H,1-2H3/b10-9-. The lowest BCUT2D eigenvalue weighted by Crippen LogP contribution is -1.97. The molecule has 22 heavy (non-hydrogen) atoms.